The summed E-state index contributed by atoms with van der Waals surface area (Å²) in [5.74, 6) is 1.18. The van der Waals surface area contributed by atoms with E-state index in [1.165, 1.54) is 0 Å². The van der Waals surface area contributed by atoms with E-state index < -0.39 is 0 Å². The van der Waals surface area contributed by atoms with Crippen LogP contribution in [0.1, 0.15) is 25.6 Å². The highest BCUT2D eigenvalue weighted by Crippen LogP contribution is 2.32. The Morgan fingerprint density at radius 2 is 2.11 bits per heavy atom. The molecule has 0 bridgehead atoms. The van der Waals surface area contributed by atoms with Crippen LogP contribution in [0, 0.1) is 6.92 Å². The fraction of sp³-hybridized carbons (Fsp3) is 0.333. The van der Waals surface area contributed by atoms with E-state index in [1.807, 2.05) is 26.8 Å². The van der Waals surface area contributed by atoms with Gasteiger partial charge in [-0.05, 0) is 42.8 Å². The van der Waals surface area contributed by atoms with E-state index in [0.717, 1.165) is 10.2 Å². The third-order valence-corrected chi connectivity index (χ3v) is 2.90. The van der Waals surface area contributed by atoms with E-state index in [9.17, 15) is 0 Å². The number of aromatic nitrogens is 3. The van der Waals surface area contributed by atoms with Crippen molar-refractivity contribution in [3.05, 3.63) is 28.6 Å². The molecule has 96 valence electrons. The molecular weight excluding hydrogens is 296 g/mol. The van der Waals surface area contributed by atoms with Crippen LogP contribution in [0.25, 0.3) is 0 Å². The SMILES string of the molecule is Cc1nn(C(C)C)c(Oc2cncc(Br)c2)c1N. The van der Waals surface area contributed by atoms with E-state index in [1.54, 1.807) is 17.1 Å². The van der Waals surface area contributed by atoms with Crippen molar-refractivity contribution in [3.63, 3.8) is 0 Å². The molecule has 0 fully saturated rings. The molecule has 0 spiro atoms. The second-order valence-corrected chi connectivity index (χ2v) is 5.20. The number of anilines is 1. The first-order valence-corrected chi connectivity index (χ1v) is 6.41. The molecule has 2 N–H and O–H groups in total. The summed E-state index contributed by atoms with van der Waals surface area (Å²) in [5, 5.41) is 4.36. The number of nitrogens with two attached hydrogens (primary N) is 1. The summed E-state index contributed by atoms with van der Waals surface area (Å²) in [7, 11) is 0. The maximum atomic E-state index is 5.99. The summed E-state index contributed by atoms with van der Waals surface area (Å²) < 4.78 is 8.41. The first kappa shape index (κ1) is 12.9. The van der Waals surface area contributed by atoms with Crippen molar-refractivity contribution in [3.8, 4) is 11.6 Å². The molecule has 2 aromatic rings. The number of nitrogen functional groups attached to an aromatic ring is 1. The Balaban J connectivity index is 2.39. The Labute approximate surface area is 114 Å². The minimum Gasteiger partial charge on any atom is -0.436 e. The smallest absolute Gasteiger partial charge is 0.241 e. The largest absolute Gasteiger partial charge is 0.436 e. The average molecular weight is 311 g/mol. The fourth-order valence-electron chi connectivity index (χ4n) is 1.55. The Morgan fingerprint density at radius 1 is 1.39 bits per heavy atom. The van der Waals surface area contributed by atoms with Crippen molar-refractivity contribution in [2.24, 2.45) is 0 Å². The van der Waals surface area contributed by atoms with Crippen LogP contribution >= 0.6 is 15.9 Å². The van der Waals surface area contributed by atoms with Crippen molar-refractivity contribution >= 4 is 21.6 Å². The molecular formula is C12H15BrN4O. The standard InChI is InChI=1S/C12H15BrN4O/c1-7(2)17-12(11(14)8(3)16-17)18-10-4-9(13)5-15-6-10/h4-7H,14H2,1-3H3. The van der Waals surface area contributed by atoms with E-state index in [2.05, 4.69) is 26.0 Å². The molecule has 0 saturated carbocycles. The van der Waals surface area contributed by atoms with Gasteiger partial charge in [0.1, 0.15) is 11.4 Å². The second kappa shape index (κ2) is 4.97. The van der Waals surface area contributed by atoms with Crippen molar-refractivity contribution in [2.75, 3.05) is 5.73 Å². The lowest BCUT2D eigenvalue weighted by Gasteiger charge is -2.12. The summed E-state index contributed by atoms with van der Waals surface area (Å²) in [6.07, 6.45) is 3.33. The van der Waals surface area contributed by atoms with Gasteiger partial charge in [-0.1, -0.05) is 0 Å². The molecule has 0 unspecified atom stereocenters. The van der Waals surface area contributed by atoms with Crippen molar-refractivity contribution in [1.29, 1.82) is 0 Å². The molecule has 0 atom stereocenters. The zero-order valence-corrected chi connectivity index (χ0v) is 12.1. The van der Waals surface area contributed by atoms with Gasteiger partial charge >= 0.3 is 0 Å². The van der Waals surface area contributed by atoms with Gasteiger partial charge in [0.25, 0.3) is 0 Å². The molecule has 18 heavy (non-hydrogen) atoms. The van der Waals surface area contributed by atoms with Gasteiger partial charge in [0.2, 0.25) is 5.88 Å². The summed E-state index contributed by atoms with van der Waals surface area (Å²) >= 11 is 3.35. The Bertz CT molecular complexity index is 565. The number of pyridine rings is 1. The third kappa shape index (κ3) is 2.48. The van der Waals surface area contributed by atoms with Gasteiger partial charge in [-0.3, -0.25) is 4.98 Å². The number of rotatable bonds is 3. The molecule has 2 heterocycles. The van der Waals surface area contributed by atoms with E-state index in [4.69, 9.17) is 10.5 Å². The van der Waals surface area contributed by atoms with Crippen LogP contribution < -0.4 is 10.5 Å². The van der Waals surface area contributed by atoms with Gasteiger partial charge in [-0.25, -0.2) is 4.68 Å². The first-order chi connectivity index (χ1) is 8.49. The average Bonchev–Trinajstić information content (AvgIpc) is 2.57. The van der Waals surface area contributed by atoms with Crippen LogP contribution in [0.15, 0.2) is 22.9 Å². The number of hydrogen-bond donors (Lipinski definition) is 1. The van der Waals surface area contributed by atoms with Crippen LogP contribution in [0.5, 0.6) is 11.6 Å². The van der Waals surface area contributed by atoms with Crippen molar-refractivity contribution in [2.45, 2.75) is 26.8 Å². The summed E-state index contributed by atoms with van der Waals surface area (Å²) in [6, 6.07) is 2.01. The van der Waals surface area contributed by atoms with Crippen LogP contribution in [0.4, 0.5) is 5.69 Å². The molecule has 0 amide bonds. The van der Waals surface area contributed by atoms with E-state index in [0.29, 0.717) is 17.3 Å². The molecule has 0 aromatic carbocycles. The molecule has 0 aliphatic rings. The molecule has 0 aliphatic heterocycles. The van der Waals surface area contributed by atoms with Gasteiger partial charge in [0.05, 0.1) is 17.9 Å². The molecule has 0 aliphatic carbocycles. The van der Waals surface area contributed by atoms with E-state index >= 15 is 0 Å². The first-order valence-electron chi connectivity index (χ1n) is 5.62. The minimum absolute atomic E-state index is 0.177. The zero-order valence-electron chi connectivity index (χ0n) is 10.5. The maximum Gasteiger partial charge on any atom is 0.241 e. The molecule has 0 radical (unpaired) electrons. The van der Waals surface area contributed by atoms with Crippen molar-refractivity contribution < 1.29 is 4.74 Å². The fourth-order valence-corrected chi connectivity index (χ4v) is 1.89. The van der Waals surface area contributed by atoms with E-state index in [-0.39, 0.29) is 6.04 Å². The quantitative estimate of drug-likeness (QED) is 0.944. The Hall–Kier alpha value is -1.56. The number of ether oxygens (including phenoxy) is 1. The normalized spacial score (nSPS) is 10.9. The van der Waals surface area contributed by atoms with Crippen LogP contribution in [0.2, 0.25) is 0 Å². The Morgan fingerprint density at radius 3 is 2.72 bits per heavy atom. The van der Waals surface area contributed by atoms with Gasteiger partial charge in [-0.15, -0.1) is 0 Å². The minimum atomic E-state index is 0.177. The Kier molecular flexibility index (Phi) is 3.56. The van der Waals surface area contributed by atoms with Gasteiger partial charge in [0.15, 0.2) is 0 Å². The maximum absolute atomic E-state index is 5.99. The highest BCUT2D eigenvalue weighted by atomic mass is 79.9. The van der Waals surface area contributed by atoms with Gasteiger partial charge in [-0.2, -0.15) is 5.10 Å². The lowest BCUT2D eigenvalue weighted by molar-refractivity contribution is 0.388. The lowest BCUT2D eigenvalue weighted by Crippen LogP contribution is -2.05. The number of halogens is 1. The number of hydrogen-bond acceptors (Lipinski definition) is 4. The third-order valence-electron chi connectivity index (χ3n) is 2.47. The molecule has 6 heteroatoms. The molecule has 5 nitrogen and oxygen atoms in total. The van der Waals surface area contributed by atoms with Crippen LogP contribution in [0.3, 0.4) is 0 Å². The topological polar surface area (TPSA) is 66.0 Å². The monoisotopic (exact) mass is 310 g/mol. The van der Waals surface area contributed by atoms with Gasteiger partial charge in [0, 0.05) is 10.7 Å². The second-order valence-electron chi connectivity index (χ2n) is 4.28. The predicted molar refractivity (Wildman–Crippen MR) is 73.8 cm³/mol. The summed E-state index contributed by atoms with van der Waals surface area (Å²) in [5.41, 5.74) is 7.31. The van der Waals surface area contributed by atoms with Crippen molar-refractivity contribution in [1.82, 2.24) is 14.8 Å². The van der Waals surface area contributed by atoms with Crippen LogP contribution in [-0.4, -0.2) is 14.8 Å². The highest BCUT2D eigenvalue weighted by molar-refractivity contribution is 9.10. The number of nitrogens with zero attached hydrogens (tertiary/aromatic N) is 3. The highest BCUT2D eigenvalue weighted by Gasteiger charge is 2.17. The number of aryl methyl sites for hydroxylation is 1. The molecule has 2 aromatic heterocycles. The summed E-state index contributed by atoms with van der Waals surface area (Å²) in [6.45, 7) is 5.91. The predicted octanol–water partition coefficient (Wildman–Crippen LogP) is 3.30. The van der Waals surface area contributed by atoms with Crippen LogP contribution in [-0.2, 0) is 0 Å². The summed E-state index contributed by atoms with van der Waals surface area (Å²) in [4.78, 5) is 4.05. The lowest BCUT2D eigenvalue weighted by atomic mass is 10.4. The molecule has 0 saturated heterocycles. The zero-order chi connectivity index (χ0) is 13.3. The van der Waals surface area contributed by atoms with Gasteiger partial charge < -0.3 is 10.5 Å². The molecule has 2 rings (SSSR count).